The molecule has 2 aromatic carbocycles. The Labute approximate surface area is 156 Å². The van der Waals surface area contributed by atoms with Crippen molar-refractivity contribution >= 4 is 16.7 Å². The van der Waals surface area contributed by atoms with Gasteiger partial charge in [0.2, 0.25) is 0 Å². The SMILES string of the molecule is CCC(c1ccccc1)c1nnc2c3cnn(-c4ccccc4)c3ncn12. The maximum atomic E-state index is 4.67. The lowest BCUT2D eigenvalue weighted by Crippen LogP contribution is -2.06. The molecule has 0 aliphatic heterocycles. The molecule has 0 saturated carbocycles. The summed E-state index contributed by atoms with van der Waals surface area (Å²) in [5, 5.41) is 14.4. The van der Waals surface area contributed by atoms with E-state index in [2.05, 4.69) is 51.5 Å². The van der Waals surface area contributed by atoms with Crippen LogP contribution in [-0.4, -0.2) is 29.4 Å². The monoisotopic (exact) mass is 354 g/mol. The molecule has 5 rings (SSSR count). The molecule has 0 amide bonds. The van der Waals surface area contributed by atoms with Crippen LogP contribution in [0.15, 0.2) is 73.2 Å². The fourth-order valence-corrected chi connectivity index (χ4v) is 3.59. The lowest BCUT2D eigenvalue weighted by Gasteiger charge is -2.13. The van der Waals surface area contributed by atoms with Gasteiger partial charge >= 0.3 is 0 Å². The number of hydrogen-bond donors (Lipinski definition) is 0. The van der Waals surface area contributed by atoms with Crippen LogP contribution in [0, 0.1) is 0 Å². The summed E-state index contributed by atoms with van der Waals surface area (Å²) in [6.45, 7) is 2.16. The highest BCUT2D eigenvalue weighted by molar-refractivity contribution is 5.89. The number of hydrogen-bond acceptors (Lipinski definition) is 4. The maximum Gasteiger partial charge on any atom is 0.174 e. The molecule has 3 aromatic heterocycles. The van der Waals surface area contributed by atoms with Gasteiger partial charge in [0.05, 0.1) is 17.3 Å². The first-order valence-corrected chi connectivity index (χ1v) is 9.04. The molecule has 6 nitrogen and oxygen atoms in total. The Hall–Kier alpha value is -3.54. The van der Waals surface area contributed by atoms with Crippen molar-refractivity contribution in [3.05, 3.63) is 84.6 Å². The van der Waals surface area contributed by atoms with E-state index in [4.69, 9.17) is 0 Å². The second-order valence-electron chi connectivity index (χ2n) is 6.50. The minimum Gasteiger partial charge on any atom is -0.268 e. The average molecular weight is 354 g/mol. The molecule has 6 heteroatoms. The van der Waals surface area contributed by atoms with Gasteiger partial charge in [-0.15, -0.1) is 10.2 Å². The first-order chi connectivity index (χ1) is 13.4. The number of aromatic nitrogens is 6. The zero-order valence-corrected chi connectivity index (χ0v) is 14.9. The Morgan fingerprint density at radius 3 is 2.37 bits per heavy atom. The number of rotatable bonds is 4. The third kappa shape index (κ3) is 2.49. The highest BCUT2D eigenvalue weighted by atomic mass is 15.3. The van der Waals surface area contributed by atoms with Crippen molar-refractivity contribution in [3.63, 3.8) is 0 Å². The van der Waals surface area contributed by atoms with Gasteiger partial charge in [0.1, 0.15) is 12.2 Å². The summed E-state index contributed by atoms with van der Waals surface area (Å²) in [5.41, 5.74) is 3.76. The summed E-state index contributed by atoms with van der Waals surface area (Å²) in [4.78, 5) is 4.67. The average Bonchev–Trinajstić information content (AvgIpc) is 3.34. The molecule has 1 atom stereocenters. The van der Waals surface area contributed by atoms with Crippen LogP contribution < -0.4 is 0 Å². The molecule has 5 aromatic rings. The van der Waals surface area contributed by atoms with Gasteiger partial charge in [0, 0.05) is 5.92 Å². The molecule has 1 unspecified atom stereocenters. The second-order valence-corrected chi connectivity index (χ2v) is 6.50. The highest BCUT2D eigenvalue weighted by Gasteiger charge is 2.21. The van der Waals surface area contributed by atoms with Crippen LogP contribution >= 0.6 is 0 Å². The van der Waals surface area contributed by atoms with Gasteiger partial charge in [-0.3, -0.25) is 4.40 Å². The number of fused-ring (bicyclic) bond motifs is 3. The fourth-order valence-electron chi connectivity index (χ4n) is 3.59. The fraction of sp³-hybridized carbons (Fsp3) is 0.143. The van der Waals surface area contributed by atoms with E-state index >= 15 is 0 Å². The molecule has 132 valence electrons. The van der Waals surface area contributed by atoms with E-state index in [9.17, 15) is 0 Å². The quantitative estimate of drug-likeness (QED) is 0.489. The van der Waals surface area contributed by atoms with Gasteiger partial charge in [-0.05, 0) is 24.1 Å². The minimum atomic E-state index is 0.171. The maximum absolute atomic E-state index is 4.67. The van der Waals surface area contributed by atoms with E-state index in [1.165, 1.54) is 5.56 Å². The summed E-state index contributed by atoms with van der Waals surface area (Å²) in [5.74, 6) is 1.07. The zero-order valence-electron chi connectivity index (χ0n) is 14.9. The van der Waals surface area contributed by atoms with Crippen molar-refractivity contribution in [2.45, 2.75) is 19.3 Å². The van der Waals surface area contributed by atoms with E-state index in [0.717, 1.165) is 34.6 Å². The smallest absolute Gasteiger partial charge is 0.174 e. The van der Waals surface area contributed by atoms with Crippen LogP contribution in [0.1, 0.15) is 30.7 Å². The summed E-state index contributed by atoms with van der Waals surface area (Å²) in [6, 6.07) is 20.4. The molecule has 0 aliphatic rings. The van der Waals surface area contributed by atoms with Gasteiger partial charge in [-0.25, -0.2) is 9.67 Å². The molecule has 3 heterocycles. The molecule has 27 heavy (non-hydrogen) atoms. The van der Waals surface area contributed by atoms with Crippen LogP contribution in [0.5, 0.6) is 0 Å². The Bertz CT molecular complexity index is 1210. The Morgan fingerprint density at radius 1 is 0.889 bits per heavy atom. The van der Waals surface area contributed by atoms with E-state index in [-0.39, 0.29) is 5.92 Å². The number of benzene rings is 2. The first kappa shape index (κ1) is 15.7. The van der Waals surface area contributed by atoms with Crippen LogP contribution in [0.3, 0.4) is 0 Å². The normalized spacial score (nSPS) is 12.6. The molecule has 0 radical (unpaired) electrons. The third-order valence-corrected chi connectivity index (χ3v) is 4.93. The Kier molecular flexibility index (Phi) is 3.67. The first-order valence-electron chi connectivity index (χ1n) is 9.04. The summed E-state index contributed by atoms with van der Waals surface area (Å²) in [6.07, 6.45) is 4.55. The molecular formula is C21H18N6. The van der Waals surface area contributed by atoms with Gasteiger partial charge in [-0.2, -0.15) is 5.10 Å². The number of nitrogens with zero attached hydrogens (tertiary/aromatic N) is 6. The summed E-state index contributed by atoms with van der Waals surface area (Å²) in [7, 11) is 0. The molecule has 0 aliphatic carbocycles. The van der Waals surface area contributed by atoms with Gasteiger partial charge in [0.15, 0.2) is 11.3 Å². The topological polar surface area (TPSA) is 60.9 Å². The molecule has 0 bridgehead atoms. The number of para-hydroxylation sites is 1. The lowest BCUT2D eigenvalue weighted by atomic mass is 9.96. The van der Waals surface area contributed by atoms with Crippen molar-refractivity contribution in [3.8, 4) is 5.69 Å². The zero-order chi connectivity index (χ0) is 18.2. The molecule has 0 saturated heterocycles. The highest BCUT2D eigenvalue weighted by Crippen LogP contribution is 2.28. The Morgan fingerprint density at radius 2 is 1.63 bits per heavy atom. The molecule has 0 spiro atoms. The van der Waals surface area contributed by atoms with Crippen LogP contribution in [0.25, 0.3) is 22.4 Å². The van der Waals surface area contributed by atoms with Crippen molar-refractivity contribution in [1.82, 2.24) is 29.4 Å². The van der Waals surface area contributed by atoms with Gasteiger partial charge in [0.25, 0.3) is 0 Å². The van der Waals surface area contributed by atoms with Gasteiger partial charge in [-0.1, -0.05) is 55.5 Å². The van der Waals surface area contributed by atoms with Crippen molar-refractivity contribution < 1.29 is 0 Å². The predicted molar refractivity (Wildman–Crippen MR) is 104 cm³/mol. The largest absolute Gasteiger partial charge is 0.268 e. The van der Waals surface area contributed by atoms with Gasteiger partial charge < -0.3 is 0 Å². The van der Waals surface area contributed by atoms with Crippen LogP contribution in [0.4, 0.5) is 0 Å². The van der Waals surface area contributed by atoms with Crippen LogP contribution in [0.2, 0.25) is 0 Å². The molecule has 0 fully saturated rings. The van der Waals surface area contributed by atoms with Crippen molar-refractivity contribution in [1.29, 1.82) is 0 Å². The van der Waals surface area contributed by atoms with E-state index < -0.39 is 0 Å². The molecular weight excluding hydrogens is 336 g/mol. The van der Waals surface area contributed by atoms with E-state index in [1.54, 1.807) is 6.33 Å². The summed E-state index contributed by atoms with van der Waals surface area (Å²) < 4.78 is 3.82. The second kappa shape index (κ2) is 6.32. The van der Waals surface area contributed by atoms with Crippen molar-refractivity contribution in [2.75, 3.05) is 0 Å². The predicted octanol–water partition coefficient (Wildman–Crippen LogP) is 4.01. The Balaban J connectivity index is 1.68. The lowest BCUT2D eigenvalue weighted by molar-refractivity contribution is 0.703. The van der Waals surface area contributed by atoms with E-state index in [0.29, 0.717) is 0 Å². The third-order valence-electron chi connectivity index (χ3n) is 4.93. The standard InChI is InChI=1S/C21H18N6/c1-2-17(15-9-5-3-6-10-15)20-24-25-21-18-13-23-27(16-11-7-4-8-12-16)19(18)22-14-26(20)21/h3-14,17H,2H2,1H3. The minimum absolute atomic E-state index is 0.171. The molecule has 0 N–H and O–H groups in total. The van der Waals surface area contributed by atoms with Crippen molar-refractivity contribution in [2.24, 2.45) is 0 Å². The summed E-state index contributed by atoms with van der Waals surface area (Å²) >= 11 is 0. The van der Waals surface area contributed by atoms with E-state index in [1.807, 2.05) is 51.7 Å². The van der Waals surface area contributed by atoms with Crippen LogP contribution in [-0.2, 0) is 0 Å².